The largest absolute Gasteiger partial charge is 0.389 e. The van der Waals surface area contributed by atoms with Gasteiger partial charge in [0.25, 0.3) is 0 Å². The lowest BCUT2D eigenvalue weighted by molar-refractivity contribution is -0.133. The number of para-hydroxylation sites is 1. The molecule has 0 aliphatic carbocycles. The molecule has 2 rings (SSSR count). The lowest BCUT2D eigenvalue weighted by Gasteiger charge is -2.31. The second kappa shape index (κ2) is 6.47. The first-order valence-electron chi connectivity index (χ1n) is 7.03. The van der Waals surface area contributed by atoms with Crippen LogP contribution in [0.5, 0.6) is 0 Å². The predicted molar refractivity (Wildman–Crippen MR) is 75.0 cm³/mol. The van der Waals surface area contributed by atoms with E-state index in [2.05, 4.69) is 10.6 Å². The first-order valence-corrected chi connectivity index (χ1v) is 7.03. The van der Waals surface area contributed by atoms with E-state index in [4.69, 9.17) is 0 Å². The van der Waals surface area contributed by atoms with Gasteiger partial charge in [0, 0.05) is 18.0 Å². The van der Waals surface area contributed by atoms with Crippen LogP contribution in [0.15, 0.2) is 24.3 Å². The molecule has 1 aliphatic heterocycles. The van der Waals surface area contributed by atoms with Crippen LogP contribution < -0.4 is 10.6 Å². The molecule has 1 heterocycles. The highest BCUT2D eigenvalue weighted by Gasteiger charge is 2.30. The number of alkyl halides is 3. The third-order valence-electron chi connectivity index (χ3n) is 3.89. The van der Waals surface area contributed by atoms with E-state index >= 15 is 0 Å². The zero-order valence-electron chi connectivity index (χ0n) is 11.8. The van der Waals surface area contributed by atoms with Crippen LogP contribution in [0.2, 0.25) is 0 Å². The molecule has 1 amide bonds. The topological polar surface area (TPSA) is 41.1 Å². The van der Waals surface area contributed by atoms with Crippen molar-refractivity contribution in [2.45, 2.75) is 25.9 Å². The lowest BCUT2D eigenvalue weighted by atomic mass is 9.88. The average molecular weight is 300 g/mol. The van der Waals surface area contributed by atoms with Gasteiger partial charge in [-0.2, -0.15) is 13.2 Å². The van der Waals surface area contributed by atoms with Gasteiger partial charge in [0.1, 0.15) is 0 Å². The van der Waals surface area contributed by atoms with Crippen molar-refractivity contribution in [3.63, 3.8) is 0 Å². The highest BCUT2D eigenvalue weighted by Crippen LogP contribution is 2.26. The van der Waals surface area contributed by atoms with Gasteiger partial charge in [-0.1, -0.05) is 25.1 Å². The number of nitrogens with one attached hydrogen (secondary N) is 2. The second-order valence-electron chi connectivity index (χ2n) is 5.47. The van der Waals surface area contributed by atoms with Gasteiger partial charge in [0.05, 0.1) is 0 Å². The molecule has 21 heavy (non-hydrogen) atoms. The zero-order valence-corrected chi connectivity index (χ0v) is 11.8. The van der Waals surface area contributed by atoms with Gasteiger partial charge in [-0.15, -0.1) is 0 Å². The number of amides is 1. The van der Waals surface area contributed by atoms with E-state index in [9.17, 15) is 18.0 Å². The molecule has 6 heteroatoms. The molecule has 0 bridgehead atoms. The third kappa shape index (κ3) is 4.46. The van der Waals surface area contributed by atoms with Crippen molar-refractivity contribution in [2.24, 2.45) is 11.8 Å². The Morgan fingerprint density at radius 2 is 2.05 bits per heavy atom. The number of hydrogen-bond acceptors (Lipinski definition) is 2. The van der Waals surface area contributed by atoms with Crippen molar-refractivity contribution in [1.82, 2.24) is 5.32 Å². The van der Waals surface area contributed by atoms with Crippen molar-refractivity contribution in [2.75, 3.05) is 18.4 Å². The molecule has 116 valence electrons. The number of benzene rings is 1. The van der Waals surface area contributed by atoms with Gasteiger partial charge in [-0.3, -0.25) is 4.79 Å². The summed E-state index contributed by atoms with van der Waals surface area (Å²) < 4.78 is 37.0. The highest BCUT2D eigenvalue weighted by atomic mass is 19.4. The Kier molecular flexibility index (Phi) is 4.88. The second-order valence-corrected chi connectivity index (χ2v) is 5.47. The Hall–Kier alpha value is -1.56. The predicted octanol–water partition coefficient (Wildman–Crippen LogP) is 2.98. The fourth-order valence-electron chi connectivity index (χ4n) is 2.26. The SMILES string of the molecule is CC(C(=O)Nc1ccccc1CCC(F)(F)F)C1CNC1. The maximum Gasteiger partial charge on any atom is 0.389 e. The molecule has 1 fully saturated rings. The van der Waals surface area contributed by atoms with E-state index < -0.39 is 12.6 Å². The Morgan fingerprint density at radius 3 is 2.62 bits per heavy atom. The minimum absolute atomic E-state index is 0.126. The number of anilines is 1. The first kappa shape index (κ1) is 15.8. The van der Waals surface area contributed by atoms with Crippen LogP contribution in [0, 0.1) is 11.8 Å². The summed E-state index contributed by atoms with van der Waals surface area (Å²) in [5.74, 6) is 0.00946. The molecule has 0 radical (unpaired) electrons. The highest BCUT2D eigenvalue weighted by molar-refractivity contribution is 5.93. The molecule has 1 aromatic rings. The van der Waals surface area contributed by atoms with E-state index in [0.717, 1.165) is 13.1 Å². The molecule has 0 saturated carbocycles. The number of carbonyl (C=O) groups excluding carboxylic acids is 1. The van der Waals surface area contributed by atoms with E-state index in [1.54, 1.807) is 24.3 Å². The standard InChI is InChI=1S/C15H19F3N2O/c1-10(12-8-19-9-12)14(21)20-13-5-3-2-4-11(13)6-7-15(16,17)18/h2-5,10,12,19H,6-9H2,1H3,(H,20,21). The number of hydrogen-bond donors (Lipinski definition) is 2. The van der Waals surface area contributed by atoms with Crippen LogP contribution in [0.3, 0.4) is 0 Å². The van der Waals surface area contributed by atoms with Crippen LogP contribution in [0.25, 0.3) is 0 Å². The van der Waals surface area contributed by atoms with Crippen LogP contribution in [-0.2, 0) is 11.2 Å². The van der Waals surface area contributed by atoms with E-state index in [1.165, 1.54) is 0 Å². The summed E-state index contributed by atoms with van der Waals surface area (Å²) in [7, 11) is 0. The zero-order chi connectivity index (χ0) is 15.5. The molecule has 1 aromatic carbocycles. The van der Waals surface area contributed by atoms with Gasteiger partial charge in [0.2, 0.25) is 5.91 Å². The van der Waals surface area contributed by atoms with Crippen LogP contribution in [-0.4, -0.2) is 25.2 Å². The van der Waals surface area contributed by atoms with Crippen molar-refractivity contribution in [3.8, 4) is 0 Å². The number of halogens is 3. The Labute approximate surface area is 121 Å². The van der Waals surface area contributed by atoms with Crippen molar-refractivity contribution >= 4 is 11.6 Å². The molecule has 2 N–H and O–H groups in total. The smallest absolute Gasteiger partial charge is 0.326 e. The molecule has 1 aliphatic rings. The van der Waals surface area contributed by atoms with Crippen molar-refractivity contribution in [3.05, 3.63) is 29.8 Å². The molecule has 1 saturated heterocycles. The number of aryl methyl sites for hydroxylation is 1. The van der Waals surface area contributed by atoms with E-state index in [1.807, 2.05) is 6.92 Å². The van der Waals surface area contributed by atoms with Crippen molar-refractivity contribution in [1.29, 1.82) is 0 Å². The summed E-state index contributed by atoms with van der Waals surface area (Å²) >= 11 is 0. The monoisotopic (exact) mass is 300 g/mol. The van der Waals surface area contributed by atoms with Gasteiger partial charge in [-0.05, 0) is 37.1 Å². The quantitative estimate of drug-likeness (QED) is 0.878. The van der Waals surface area contributed by atoms with Gasteiger partial charge < -0.3 is 10.6 Å². The third-order valence-corrected chi connectivity index (χ3v) is 3.89. The molecule has 0 aromatic heterocycles. The fourth-order valence-corrected chi connectivity index (χ4v) is 2.26. The molecule has 3 nitrogen and oxygen atoms in total. The summed E-state index contributed by atoms with van der Waals surface area (Å²) in [6.45, 7) is 3.47. The first-order chi connectivity index (χ1) is 9.87. The summed E-state index contributed by atoms with van der Waals surface area (Å²) in [5.41, 5.74) is 0.994. The number of rotatable bonds is 5. The summed E-state index contributed by atoms with van der Waals surface area (Å²) in [5, 5.41) is 5.87. The Morgan fingerprint density at radius 1 is 1.38 bits per heavy atom. The molecular formula is C15H19F3N2O. The Bertz CT molecular complexity index is 498. The summed E-state index contributed by atoms with van der Waals surface area (Å²) in [6.07, 6.45) is -5.21. The minimum Gasteiger partial charge on any atom is -0.326 e. The van der Waals surface area contributed by atoms with Gasteiger partial charge in [-0.25, -0.2) is 0 Å². The molecule has 1 unspecified atom stereocenters. The molecular weight excluding hydrogens is 281 g/mol. The van der Waals surface area contributed by atoms with Crippen molar-refractivity contribution < 1.29 is 18.0 Å². The van der Waals surface area contributed by atoms with Crippen LogP contribution >= 0.6 is 0 Å². The minimum atomic E-state index is -4.19. The Balaban J connectivity index is 2.00. The summed E-state index contributed by atoms with van der Waals surface area (Å²) in [6, 6.07) is 6.66. The maximum absolute atomic E-state index is 12.3. The van der Waals surface area contributed by atoms with Crippen LogP contribution in [0.4, 0.5) is 18.9 Å². The number of carbonyl (C=O) groups is 1. The molecule has 0 spiro atoms. The summed E-state index contributed by atoms with van der Waals surface area (Å²) in [4.78, 5) is 12.1. The van der Waals surface area contributed by atoms with Gasteiger partial charge in [0.15, 0.2) is 0 Å². The van der Waals surface area contributed by atoms with Gasteiger partial charge >= 0.3 is 6.18 Å². The van der Waals surface area contributed by atoms with E-state index in [0.29, 0.717) is 17.2 Å². The maximum atomic E-state index is 12.3. The fraction of sp³-hybridized carbons (Fsp3) is 0.533. The lowest BCUT2D eigenvalue weighted by Crippen LogP contribution is -2.48. The van der Waals surface area contributed by atoms with Crippen LogP contribution in [0.1, 0.15) is 18.9 Å². The normalized spacial score (nSPS) is 17.1. The van der Waals surface area contributed by atoms with E-state index in [-0.39, 0.29) is 18.2 Å². The average Bonchev–Trinajstić information content (AvgIpc) is 2.34. The molecule has 1 atom stereocenters.